The molecule has 0 fully saturated rings. The fourth-order valence-electron chi connectivity index (χ4n) is 2.56. The van der Waals surface area contributed by atoms with Crippen LogP contribution in [0.15, 0.2) is 71.2 Å². The summed E-state index contributed by atoms with van der Waals surface area (Å²) >= 11 is 3.37. The highest BCUT2D eigenvalue weighted by Gasteiger charge is 2.08. The number of hydrogen-bond donors (Lipinski definition) is 0. The molecule has 0 N–H and O–H groups in total. The second kappa shape index (κ2) is 7.83. The SMILES string of the molecule is C#CCOc1ccc2ccccc2c1/C=C/C(=O)c1ccc(Br)cc1. The lowest BCUT2D eigenvalue weighted by Crippen LogP contribution is -1.97. The summed E-state index contributed by atoms with van der Waals surface area (Å²) in [6, 6.07) is 19.1. The van der Waals surface area contributed by atoms with Crippen molar-refractivity contribution in [1.29, 1.82) is 0 Å². The molecule has 122 valence electrons. The van der Waals surface area contributed by atoms with E-state index in [1.807, 2.05) is 48.5 Å². The summed E-state index contributed by atoms with van der Waals surface area (Å²) in [6.07, 6.45) is 8.65. The number of benzene rings is 3. The Morgan fingerprint density at radius 1 is 1.08 bits per heavy atom. The number of hydrogen-bond acceptors (Lipinski definition) is 2. The largest absolute Gasteiger partial charge is 0.480 e. The van der Waals surface area contributed by atoms with Gasteiger partial charge in [0.1, 0.15) is 12.4 Å². The lowest BCUT2D eigenvalue weighted by molar-refractivity contribution is 0.104. The second-order valence-electron chi connectivity index (χ2n) is 5.40. The molecule has 3 heteroatoms. The van der Waals surface area contributed by atoms with Gasteiger partial charge < -0.3 is 4.74 Å². The van der Waals surface area contributed by atoms with Crippen molar-refractivity contribution < 1.29 is 9.53 Å². The van der Waals surface area contributed by atoms with E-state index in [0.717, 1.165) is 20.8 Å². The standard InChI is InChI=1S/C22H15BrO2/c1-2-15-25-22-14-9-16-5-3-4-6-19(16)20(22)12-13-21(24)17-7-10-18(23)11-8-17/h1,3-14H,15H2/b13-12+. The molecule has 0 saturated heterocycles. The molecule has 0 amide bonds. The van der Waals surface area contributed by atoms with Crippen LogP contribution in [0.5, 0.6) is 5.75 Å². The highest BCUT2D eigenvalue weighted by atomic mass is 79.9. The molecule has 0 bridgehead atoms. The Morgan fingerprint density at radius 3 is 2.60 bits per heavy atom. The maximum absolute atomic E-state index is 12.4. The van der Waals surface area contributed by atoms with Crippen LogP contribution in [0.1, 0.15) is 15.9 Å². The Labute approximate surface area is 155 Å². The van der Waals surface area contributed by atoms with Crippen LogP contribution in [0.3, 0.4) is 0 Å². The van der Waals surface area contributed by atoms with Gasteiger partial charge in [-0.1, -0.05) is 52.2 Å². The summed E-state index contributed by atoms with van der Waals surface area (Å²) in [4.78, 5) is 12.4. The molecule has 0 aliphatic rings. The minimum atomic E-state index is -0.0664. The van der Waals surface area contributed by atoms with Crippen LogP contribution in [0.25, 0.3) is 16.8 Å². The summed E-state index contributed by atoms with van der Waals surface area (Å²) in [5.41, 5.74) is 1.48. The van der Waals surface area contributed by atoms with E-state index in [0.29, 0.717) is 11.3 Å². The number of terminal acetylenes is 1. The van der Waals surface area contributed by atoms with Gasteiger partial charge in [-0.3, -0.25) is 4.79 Å². The Bertz CT molecular complexity index is 979. The Kier molecular flexibility index (Phi) is 5.33. The highest BCUT2D eigenvalue weighted by Crippen LogP contribution is 2.29. The number of halogens is 1. The topological polar surface area (TPSA) is 26.3 Å². The molecule has 0 unspecified atom stereocenters. The van der Waals surface area contributed by atoms with Crippen LogP contribution >= 0.6 is 15.9 Å². The molecular formula is C22H15BrO2. The Morgan fingerprint density at radius 2 is 1.84 bits per heavy atom. The highest BCUT2D eigenvalue weighted by molar-refractivity contribution is 9.10. The first-order valence-electron chi connectivity index (χ1n) is 7.75. The maximum Gasteiger partial charge on any atom is 0.185 e. The van der Waals surface area contributed by atoms with Gasteiger partial charge in [0.2, 0.25) is 0 Å². The average molecular weight is 391 g/mol. The molecule has 3 aromatic carbocycles. The average Bonchev–Trinajstić information content (AvgIpc) is 2.65. The summed E-state index contributed by atoms with van der Waals surface area (Å²) in [5, 5.41) is 2.09. The van der Waals surface area contributed by atoms with Gasteiger partial charge in [0, 0.05) is 15.6 Å². The molecule has 0 spiro atoms. The molecule has 2 nitrogen and oxygen atoms in total. The van der Waals surface area contributed by atoms with Gasteiger partial charge in [-0.15, -0.1) is 6.42 Å². The van der Waals surface area contributed by atoms with Crippen molar-refractivity contribution in [3.63, 3.8) is 0 Å². The molecule has 0 heterocycles. The van der Waals surface area contributed by atoms with Crippen molar-refractivity contribution in [2.45, 2.75) is 0 Å². The predicted octanol–water partition coefficient (Wildman–Crippen LogP) is 5.51. The van der Waals surface area contributed by atoms with Crippen LogP contribution in [0.2, 0.25) is 0 Å². The van der Waals surface area contributed by atoms with E-state index in [2.05, 4.69) is 21.9 Å². The number of carbonyl (C=O) groups is 1. The first kappa shape index (κ1) is 17.0. The van der Waals surface area contributed by atoms with Gasteiger partial charge in [-0.05, 0) is 53.3 Å². The quantitative estimate of drug-likeness (QED) is 0.326. The third kappa shape index (κ3) is 3.99. The molecular weight excluding hydrogens is 376 g/mol. The van der Waals surface area contributed by atoms with Crippen molar-refractivity contribution in [2.75, 3.05) is 6.61 Å². The normalized spacial score (nSPS) is 10.7. The van der Waals surface area contributed by atoms with Crippen molar-refractivity contribution in [1.82, 2.24) is 0 Å². The van der Waals surface area contributed by atoms with Crippen LogP contribution in [0, 0.1) is 12.3 Å². The van der Waals surface area contributed by atoms with Gasteiger partial charge >= 0.3 is 0 Å². The fourth-order valence-corrected chi connectivity index (χ4v) is 2.83. The number of allylic oxidation sites excluding steroid dienone is 1. The van der Waals surface area contributed by atoms with Crippen molar-refractivity contribution in [2.24, 2.45) is 0 Å². The van der Waals surface area contributed by atoms with E-state index >= 15 is 0 Å². The van der Waals surface area contributed by atoms with Gasteiger partial charge in [-0.25, -0.2) is 0 Å². The summed E-state index contributed by atoms with van der Waals surface area (Å²) in [7, 11) is 0. The van der Waals surface area contributed by atoms with Gasteiger partial charge in [0.25, 0.3) is 0 Å². The molecule has 25 heavy (non-hydrogen) atoms. The van der Waals surface area contributed by atoms with Crippen molar-refractivity contribution in [3.05, 3.63) is 82.3 Å². The molecule has 0 saturated carbocycles. The first-order valence-corrected chi connectivity index (χ1v) is 8.54. The lowest BCUT2D eigenvalue weighted by Gasteiger charge is -2.10. The Balaban J connectivity index is 1.99. The third-order valence-electron chi connectivity index (χ3n) is 3.77. The monoisotopic (exact) mass is 390 g/mol. The van der Waals surface area contributed by atoms with Crippen molar-refractivity contribution in [3.8, 4) is 18.1 Å². The second-order valence-corrected chi connectivity index (χ2v) is 6.31. The third-order valence-corrected chi connectivity index (χ3v) is 4.30. The number of ether oxygens (including phenoxy) is 1. The van der Waals surface area contributed by atoms with E-state index < -0.39 is 0 Å². The van der Waals surface area contributed by atoms with Gasteiger partial charge in [0.15, 0.2) is 5.78 Å². The molecule has 0 aliphatic heterocycles. The van der Waals surface area contributed by atoms with Crippen LogP contribution < -0.4 is 4.74 Å². The summed E-state index contributed by atoms with van der Waals surface area (Å²) in [6.45, 7) is 0.180. The molecule has 3 rings (SSSR count). The number of carbonyl (C=O) groups excluding carboxylic acids is 1. The number of rotatable bonds is 5. The van der Waals surface area contributed by atoms with Crippen molar-refractivity contribution >= 4 is 38.6 Å². The fraction of sp³-hybridized carbons (Fsp3) is 0.0455. The summed E-state index contributed by atoms with van der Waals surface area (Å²) < 4.78 is 6.58. The van der Waals surface area contributed by atoms with E-state index in [-0.39, 0.29) is 12.4 Å². The van der Waals surface area contributed by atoms with E-state index in [1.54, 1.807) is 24.3 Å². The molecule has 0 radical (unpaired) electrons. The van der Waals surface area contributed by atoms with E-state index in [1.165, 1.54) is 0 Å². The van der Waals surface area contributed by atoms with Gasteiger partial charge in [-0.2, -0.15) is 0 Å². The molecule has 0 atom stereocenters. The minimum absolute atomic E-state index is 0.0664. The zero-order valence-electron chi connectivity index (χ0n) is 13.4. The lowest BCUT2D eigenvalue weighted by atomic mass is 10.0. The Hall–Kier alpha value is -2.83. The zero-order valence-corrected chi connectivity index (χ0v) is 15.0. The molecule has 3 aromatic rings. The summed E-state index contributed by atoms with van der Waals surface area (Å²) in [5.74, 6) is 3.07. The number of fused-ring (bicyclic) bond motifs is 1. The number of ketones is 1. The molecule has 0 aliphatic carbocycles. The van der Waals surface area contributed by atoms with Gasteiger partial charge in [0.05, 0.1) is 0 Å². The zero-order chi connectivity index (χ0) is 17.6. The predicted molar refractivity (Wildman–Crippen MR) is 106 cm³/mol. The minimum Gasteiger partial charge on any atom is -0.480 e. The first-order chi connectivity index (χ1) is 12.2. The van der Waals surface area contributed by atoms with Crippen LogP contribution in [0.4, 0.5) is 0 Å². The molecule has 0 aromatic heterocycles. The van der Waals surface area contributed by atoms with Crippen LogP contribution in [-0.4, -0.2) is 12.4 Å². The maximum atomic E-state index is 12.4. The van der Waals surface area contributed by atoms with E-state index in [4.69, 9.17) is 11.2 Å². The smallest absolute Gasteiger partial charge is 0.185 e. The van der Waals surface area contributed by atoms with Crippen LogP contribution in [-0.2, 0) is 0 Å². The van der Waals surface area contributed by atoms with E-state index in [9.17, 15) is 4.79 Å².